The van der Waals surface area contributed by atoms with Crippen LogP contribution in [0.4, 0.5) is 0 Å². The summed E-state index contributed by atoms with van der Waals surface area (Å²) in [5.41, 5.74) is 7.93. The van der Waals surface area contributed by atoms with Gasteiger partial charge in [-0.2, -0.15) is 0 Å². The van der Waals surface area contributed by atoms with Gasteiger partial charge in [-0.15, -0.1) is 0 Å². The smallest absolute Gasteiger partial charge is 0.223 e. The van der Waals surface area contributed by atoms with E-state index in [1.165, 1.54) is 5.56 Å². The molecule has 0 bridgehead atoms. The van der Waals surface area contributed by atoms with Crippen LogP contribution in [0.5, 0.6) is 0 Å². The second-order valence-electron chi connectivity index (χ2n) is 4.73. The van der Waals surface area contributed by atoms with Gasteiger partial charge in [-0.3, -0.25) is 4.79 Å². The summed E-state index contributed by atoms with van der Waals surface area (Å²) in [6, 6.07) is 8.27. The fraction of sp³-hybridized carbons (Fsp3) is 0.500. The highest BCUT2D eigenvalue weighted by Crippen LogP contribution is 2.08. The fourth-order valence-electron chi connectivity index (χ4n) is 1.95. The van der Waals surface area contributed by atoms with E-state index in [0.29, 0.717) is 6.54 Å². The molecule has 1 aromatic rings. The lowest BCUT2D eigenvalue weighted by Crippen LogP contribution is -2.34. The number of hydrogen-bond donors (Lipinski definition) is 2. The second kappa shape index (κ2) is 7.13. The van der Waals surface area contributed by atoms with Crippen molar-refractivity contribution in [2.45, 2.75) is 20.0 Å². The Hall–Kier alpha value is -1.39. The first-order valence-electron chi connectivity index (χ1n) is 6.24. The van der Waals surface area contributed by atoms with E-state index in [4.69, 9.17) is 5.73 Å². The Morgan fingerprint density at radius 1 is 1.33 bits per heavy atom. The van der Waals surface area contributed by atoms with Crippen LogP contribution in [-0.2, 0) is 17.9 Å². The number of carbonyl (C=O) groups excluding carboxylic acids is 1. The number of hydrogen-bond acceptors (Lipinski definition) is 3. The van der Waals surface area contributed by atoms with Crippen LogP contribution in [0.1, 0.15) is 18.1 Å². The van der Waals surface area contributed by atoms with Crippen molar-refractivity contribution in [2.24, 2.45) is 11.7 Å². The average Bonchev–Trinajstić information content (AvgIpc) is 2.38. The third kappa shape index (κ3) is 4.47. The lowest BCUT2D eigenvalue weighted by Gasteiger charge is -2.20. The zero-order valence-corrected chi connectivity index (χ0v) is 11.4. The molecule has 1 unspecified atom stereocenters. The molecule has 0 aliphatic rings. The maximum absolute atomic E-state index is 11.4. The number of amides is 1. The molecule has 3 N–H and O–H groups in total. The van der Waals surface area contributed by atoms with Gasteiger partial charge in [0, 0.05) is 32.6 Å². The summed E-state index contributed by atoms with van der Waals surface area (Å²) in [5, 5.41) is 2.67. The molecule has 4 nitrogen and oxygen atoms in total. The number of carbonyl (C=O) groups is 1. The summed E-state index contributed by atoms with van der Waals surface area (Å²) in [7, 11) is 3.70. The zero-order chi connectivity index (χ0) is 13.5. The van der Waals surface area contributed by atoms with Crippen LogP contribution < -0.4 is 11.1 Å². The Bertz CT molecular complexity index is 375. The summed E-state index contributed by atoms with van der Waals surface area (Å²) in [4.78, 5) is 13.6. The summed E-state index contributed by atoms with van der Waals surface area (Å²) < 4.78 is 0. The molecule has 0 aliphatic carbocycles. The molecule has 0 aliphatic heterocycles. The molecule has 100 valence electrons. The van der Waals surface area contributed by atoms with E-state index >= 15 is 0 Å². The lowest BCUT2D eigenvalue weighted by atomic mass is 10.1. The molecule has 0 saturated carbocycles. The van der Waals surface area contributed by atoms with E-state index in [9.17, 15) is 4.79 Å². The van der Waals surface area contributed by atoms with Crippen LogP contribution in [0.25, 0.3) is 0 Å². The molecule has 18 heavy (non-hydrogen) atoms. The van der Waals surface area contributed by atoms with E-state index < -0.39 is 0 Å². The SMILES string of the molecule is CNC(=O)C(C)CN(C)Cc1ccc(CN)cc1. The van der Waals surface area contributed by atoms with E-state index in [1.54, 1.807) is 7.05 Å². The second-order valence-corrected chi connectivity index (χ2v) is 4.73. The van der Waals surface area contributed by atoms with Crippen LogP contribution in [0.15, 0.2) is 24.3 Å². The van der Waals surface area contributed by atoms with Gasteiger partial charge in [-0.25, -0.2) is 0 Å². The van der Waals surface area contributed by atoms with E-state index in [2.05, 4.69) is 22.3 Å². The maximum atomic E-state index is 11.4. The van der Waals surface area contributed by atoms with Gasteiger partial charge in [0.2, 0.25) is 5.91 Å². The predicted octanol–water partition coefficient (Wildman–Crippen LogP) is 0.959. The third-order valence-corrected chi connectivity index (χ3v) is 2.99. The minimum Gasteiger partial charge on any atom is -0.359 e. The van der Waals surface area contributed by atoms with Crippen LogP contribution in [0.3, 0.4) is 0 Å². The van der Waals surface area contributed by atoms with Gasteiger partial charge in [0.05, 0.1) is 0 Å². The monoisotopic (exact) mass is 249 g/mol. The van der Waals surface area contributed by atoms with Crippen molar-refractivity contribution >= 4 is 5.91 Å². The van der Waals surface area contributed by atoms with Crippen molar-refractivity contribution in [1.29, 1.82) is 0 Å². The van der Waals surface area contributed by atoms with Gasteiger partial charge in [0.15, 0.2) is 0 Å². The van der Waals surface area contributed by atoms with Crippen molar-refractivity contribution < 1.29 is 4.79 Å². The third-order valence-electron chi connectivity index (χ3n) is 2.99. The first kappa shape index (κ1) is 14.7. The first-order valence-corrected chi connectivity index (χ1v) is 6.24. The number of rotatable bonds is 6. The number of nitrogens with zero attached hydrogens (tertiary/aromatic N) is 1. The average molecular weight is 249 g/mol. The van der Waals surface area contributed by atoms with Gasteiger partial charge in [0.1, 0.15) is 0 Å². The van der Waals surface area contributed by atoms with E-state index in [1.807, 2.05) is 26.1 Å². The van der Waals surface area contributed by atoms with Crippen molar-refractivity contribution in [1.82, 2.24) is 10.2 Å². The highest BCUT2D eigenvalue weighted by atomic mass is 16.1. The Morgan fingerprint density at radius 2 is 1.89 bits per heavy atom. The summed E-state index contributed by atoms with van der Waals surface area (Å²) in [6.45, 7) is 4.10. The van der Waals surface area contributed by atoms with Crippen molar-refractivity contribution in [2.75, 3.05) is 20.6 Å². The summed E-state index contributed by atoms with van der Waals surface area (Å²) in [5.74, 6) is 0.0867. The molecule has 1 atom stereocenters. The molecule has 1 aromatic carbocycles. The van der Waals surface area contributed by atoms with Crippen LogP contribution in [0.2, 0.25) is 0 Å². The Kier molecular flexibility index (Phi) is 5.82. The number of nitrogens with two attached hydrogens (primary N) is 1. The first-order chi connectivity index (χ1) is 8.56. The minimum atomic E-state index is 0.00307. The van der Waals surface area contributed by atoms with Gasteiger partial charge < -0.3 is 16.0 Å². The van der Waals surface area contributed by atoms with Gasteiger partial charge in [-0.05, 0) is 18.2 Å². The van der Waals surface area contributed by atoms with Crippen molar-refractivity contribution in [3.8, 4) is 0 Å². The number of benzene rings is 1. The van der Waals surface area contributed by atoms with E-state index in [-0.39, 0.29) is 11.8 Å². The molecule has 0 fully saturated rings. The molecular formula is C14H23N3O. The largest absolute Gasteiger partial charge is 0.359 e. The zero-order valence-electron chi connectivity index (χ0n) is 11.4. The molecule has 0 spiro atoms. The molecule has 0 radical (unpaired) electrons. The Morgan fingerprint density at radius 3 is 2.39 bits per heavy atom. The molecular weight excluding hydrogens is 226 g/mol. The van der Waals surface area contributed by atoms with Crippen LogP contribution in [0, 0.1) is 5.92 Å². The highest BCUT2D eigenvalue weighted by Gasteiger charge is 2.13. The topological polar surface area (TPSA) is 58.4 Å². The molecule has 0 heterocycles. The van der Waals surface area contributed by atoms with E-state index in [0.717, 1.165) is 18.7 Å². The summed E-state index contributed by atoms with van der Waals surface area (Å²) >= 11 is 0. The van der Waals surface area contributed by atoms with Gasteiger partial charge in [-0.1, -0.05) is 31.2 Å². The maximum Gasteiger partial charge on any atom is 0.223 e. The molecule has 0 aromatic heterocycles. The Balaban J connectivity index is 2.48. The quantitative estimate of drug-likeness (QED) is 0.789. The highest BCUT2D eigenvalue weighted by molar-refractivity contribution is 5.78. The molecule has 0 saturated heterocycles. The fourth-order valence-corrected chi connectivity index (χ4v) is 1.95. The minimum absolute atomic E-state index is 0.00307. The van der Waals surface area contributed by atoms with Crippen LogP contribution >= 0.6 is 0 Å². The normalized spacial score (nSPS) is 12.5. The molecule has 1 amide bonds. The standard InChI is InChI=1S/C14H23N3O/c1-11(14(18)16-2)9-17(3)10-13-6-4-12(8-15)5-7-13/h4-7,11H,8-10,15H2,1-3H3,(H,16,18). The predicted molar refractivity (Wildman–Crippen MR) is 73.9 cm³/mol. The summed E-state index contributed by atoms with van der Waals surface area (Å²) in [6.07, 6.45) is 0. The van der Waals surface area contributed by atoms with Crippen molar-refractivity contribution in [3.05, 3.63) is 35.4 Å². The molecule has 1 rings (SSSR count). The van der Waals surface area contributed by atoms with Crippen LogP contribution in [-0.4, -0.2) is 31.4 Å². The van der Waals surface area contributed by atoms with Crippen molar-refractivity contribution in [3.63, 3.8) is 0 Å². The molecule has 4 heteroatoms. The lowest BCUT2D eigenvalue weighted by molar-refractivity contribution is -0.124. The van der Waals surface area contributed by atoms with Gasteiger partial charge >= 0.3 is 0 Å². The Labute approximate surface area is 109 Å². The van der Waals surface area contributed by atoms with Gasteiger partial charge in [0.25, 0.3) is 0 Å². The number of nitrogens with one attached hydrogen (secondary N) is 1.